The summed E-state index contributed by atoms with van der Waals surface area (Å²) < 4.78 is 149. The van der Waals surface area contributed by atoms with Crippen molar-refractivity contribution in [1.82, 2.24) is 19.9 Å². The maximum Gasteiger partial charge on any atom is 0.200 e. The van der Waals surface area contributed by atoms with Crippen molar-refractivity contribution in [1.29, 1.82) is 0 Å². The van der Waals surface area contributed by atoms with Crippen LogP contribution in [-0.4, -0.2) is 25.0 Å². The number of nitrogens with one attached hydrogen (secondary N) is 3. The third-order valence-corrected chi connectivity index (χ3v) is 9.40. The zero-order valence-corrected chi connectivity index (χ0v) is 28.1. The highest BCUT2D eigenvalue weighted by Gasteiger charge is 2.31. The molecule has 8 bridgehead atoms. The number of halogens is 11. The Labute approximate surface area is 302 Å². The minimum absolute atomic E-state index is 0.00533. The van der Waals surface area contributed by atoms with Crippen LogP contribution < -0.4 is 0 Å². The van der Waals surface area contributed by atoms with Gasteiger partial charge in [-0.3, -0.25) is 0 Å². The third-order valence-electron chi connectivity index (χ3n) is 8.72. The predicted octanol–water partition coefficient (Wildman–Crippen LogP) is 11.4. The van der Waals surface area contributed by atoms with E-state index >= 15 is 17.6 Å². The van der Waals surface area contributed by atoms with Crippen molar-refractivity contribution in [3.8, 4) is 39.1 Å². The van der Waals surface area contributed by atoms with E-state index in [0.29, 0.717) is 3.57 Å². The number of phenols is 1. The zero-order chi connectivity index (χ0) is 37.6. The second-order valence-electron chi connectivity index (χ2n) is 11.7. The van der Waals surface area contributed by atoms with Gasteiger partial charge >= 0.3 is 0 Å². The van der Waals surface area contributed by atoms with Crippen molar-refractivity contribution < 1.29 is 49.0 Å². The van der Waals surface area contributed by atoms with E-state index in [1.54, 1.807) is 6.07 Å². The van der Waals surface area contributed by atoms with Crippen LogP contribution >= 0.6 is 22.6 Å². The fourth-order valence-corrected chi connectivity index (χ4v) is 6.81. The second-order valence-corrected chi connectivity index (χ2v) is 13.0. The number of benzene rings is 3. The molecule has 0 unspecified atom stereocenters. The molecule has 1 aliphatic rings. The van der Waals surface area contributed by atoms with Crippen LogP contribution in [0.3, 0.4) is 0 Å². The van der Waals surface area contributed by atoms with E-state index < -0.39 is 80.4 Å². The van der Waals surface area contributed by atoms with Gasteiger partial charge in [0.05, 0.1) is 28.0 Å². The molecule has 0 atom stereocenters. The van der Waals surface area contributed by atoms with Crippen molar-refractivity contribution in [2.75, 3.05) is 0 Å². The number of phenolic OH excluding ortho intramolecular Hbond substituents is 1. The molecule has 0 aliphatic carbocycles. The molecule has 1 aliphatic heterocycles. The number of aromatic nitrogens is 4. The van der Waals surface area contributed by atoms with Crippen molar-refractivity contribution >= 4 is 67.8 Å². The summed E-state index contributed by atoms with van der Waals surface area (Å²) in [7, 11) is 0. The molecule has 53 heavy (non-hydrogen) atoms. The van der Waals surface area contributed by atoms with E-state index in [1.807, 2.05) is 22.6 Å². The number of nitrogens with zero attached hydrogens (tertiary/aromatic N) is 1. The number of aromatic hydroxyl groups is 1. The van der Waals surface area contributed by atoms with Crippen molar-refractivity contribution in [3.63, 3.8) is 0 Å². The van der Waals surface area contributed by atoms with E-state index in [0.717, 1.165) is 0 Å². The zero-order valence-electron chi connectivity index (χ0n) is 25.9. The quantitative estimate of drug-likeness (QED) is 0.0618. The van der Waals surface area contributed by atoms with Crippen LogP contribution in [0, 0.1) is 61.7 Å². The molecule has 0 spiro atoms. The summed E-state index contributed by atoms with van der Waals surface area (Å²) in [6.07, 6.45) is 2.52. The number of hydrogen-bond donors (Lipinski definition) is 4. The summed E-state index contributed by atoms with van der Waals surface area (Å²) in [6.45, 7) is 0. The second kappa shape index (κ2) is 12.4. The number of aromatic amines is 3. The maximum atomic E-state index is 15.5. The summed E-state index contributed by atoms with van der Waals surface area (Å²) >= 11 is 1.96. The Morgan fingerprint density at radius 3 is 1.30 bits per heavy atom. The summed E-state index contributed by atoms with van der Waals surface area (Å²) in [4.78, 5) is 13.0. The van der Waals surface area contributed by atoms with Crippen LogP contribution in [0.2, 0.25) is 0 Å². The Bertz CT molecular complexity index is 2840. The molecule has 0 saturated heterocycles. The fraction of sp³-hybridized carbons (Fsp3) is 0. The van der Waals surface area contributed by atoms with Crippen LogP contribution in [0.1, 0.15) is 11.4 Å². The smallest absolute Gasteiger partial charge is 0.200 e. The Kier molecular flexibility index (Phi) is 8.04. The van der Waals surface area contributed by atoms with Crippen LogP contribution in [0.5, 0.6) is 5.75 Å². The van der Waals surface area contributed by atoms with Gasteiger partial charge in [-0.15, -0.1) is 0 Å². The van der Waals surface area contributed by atoms with Gasteiger partial charge in [-0.2, -0.15) is 0 Å². The average Bonchev–Trinajstić information content (AvgIpc) is 3.98. The number of hydrogen-bond acceptors (Lipinski definition) is 2. The van der Waals surface area contributed by atoms with Gasteiger partial charge in [0, 0.05) is 53.4 Å². The molecule has 16 heteroatoms. The van der Waals surface area contributed by atoms with Crippen LogP contribution in [0.15, 0.2) is 54.6 Å². The highest BCUT2D eigenvalue weighted by atomic mass is 127. The van der Waals surface area contributed by atoms with E-state index in [-0.39, 0.29) is 61.4 Å². The van der Waals surface area contributed by atoms with Gasteiger partial charge in [0.15, 0.2) is 46.5 Å². The molecule has 0 radical (unpaired) electrons. The Hall–Kier alpha value is -5.78. The summed E-state index contributed by atoms with van der Waals surface area (Å²) in [6, 6.07) is 12.3. The first-order valence-electron chi connectivity index (χ1n) is 15.1. The van der Waals surface area contributed by atoms with Crippen molar-refractivity contribution in [2.24, 2.45) is 0 Å². The lowest BCUT2D eigenvalue weighted by Gasteiger charge is -2.10. The Morgan fingerprint density at radius 2 is 0.792 bits per heavy atom. The molecule has 266 valence electrons. The lowest BCUT2D eigenvalue weighted by Crippen LogP contribution is -2.05. The molecule has 3 aromatic carbocycles. The van der Waals surface area contributed by atoms with E-state index in [4.69, 9.17) is 0 Å². The normalized spacial score (nSPS) is 12.1. The van der Waals surface area contributed by atoms with Gasteiger partial charge in [-0.25, -0.2) is 48.9 Å². The van der Waals surface area contributed by atoms with Crippen molar-refractivity contribution in [2.45, 2.75) is 0 Å². The summed E-state index contributed by atoms with van der Waals surface area (Å²) in [5.41, 5.74) is -4.02. The Morgan fingerprint density at radius 1 is 0.415 bits per heavy atom. The topological polar surface area (TPSA) is 80.5 Å². The molecule has 7 aromatic rings. The number of rotatable bonds is 3. The molecular weight excluding hydrogens is 833 g/mol. The number of fused-ring (bicyclic) bond motifs is 9. The van der Waals surface area contributed by atoms with Crippen LogP contribution in [-0.2, 0) is 0 Å². The van der Waals surface area contributed by atoms with Crippen LogP contribution in [0.25, 0.3) is 78.6 Å². The van der Waals surface area contributed by atoms with E-state index in [9.17, 15) is 31.4 Å². The van der Waals surface area contributed by atoms with Gasteiger partial charge in [0.2, 0.25) is 11.6 Å². The molecule has 0 amide bonds. The first-order chi connectivity index (χ1) is 25.3. The van der Waals surface area contributed by atoms with Gasteiger partial charge < -0.3 is 20.1 Å². The highest BCUT2D eigenvalue weighted by molar-refractivity contribution is 14.1. The van der Waals surface area contributed by atoms with Crippen molar-refractivity contribution in [3.05, 3.63) is 128 Å². The van der Waals surface area contributed by atoms with Gasteiger partial charge in [-0.05, 0) is 89.3 Å². The number of H-pyrrole nitrogens is 3. The fourth-order valence-electron chi connectivity index (χ4n) is 6.32. The molecule has 0 saturated carbocycles. The third kappa shape index (κ3) is 5.25. The summed E-state index contributed by atoms with van der Waals surface area (Å²) in [5.74, 6) is -22.4. The maximum absolute atomic E-state index is 15.5. The standard InChI is InChI=1S/C37H15F10IN4O/c38-28-26(29(39)33(43)36(46)32(28)42)24-18-4-2-14(49-18)15-3-5-19(50-15)25(27-30(40)34(44)37(47)35(45)31(27)41)21-9-7-17(52-21)23(16-6-8-20(24)51-16)13-11-12(48)1-10-22(13)53/h1-11,49,51-53H. The molecular formula is C37H15F10IN4O. The van der Waals surface area contributed by atoms with Gasteiger partial charge in [0.1, 0.15) is 5.75 Å². The lowest BCUT2D eigenvalue weighted by molar-refractivity contribution is 0.381. The lowest BCUT2D eigenvalue weighted by atomic mass is 10.0. The molecule has 4 N–H and O–H groups in total. The van der Waals surface area contributed by atoms with Crippen LogP contribution in [0.4, 0.5) is 43.9 Å². The first kappa shape index (κ1) is 34.3. The molecule has 5 nitrogen and oxygen atoms in total. The SMILES string of the molecule is Oc1ccc(I)cc1-c1c2ccc([nH]2)c(-c2c(F)c(F)c(F)c(F)c2F)c2nc(c3ccc([nH]3)c(-c3c(F)c(F)c(F)c(F)c3F)c3ccc1[nH]3)C=C2. The minimum Gasteiger partial charge on any atom is -0.507 e. The largest absolute Gasteiger partial charge is 0.507 e. The highest BCUT2D eigenvalue weighted by Crippen LogP contribution is 2.42. The molecule has 5 heterocycles. The van der Waals surface area contributed by atoms with E-state index in [2.05, 4.69) is 19.9 Å². The molecule has 8 rings (SSSR count). The Balaban J connectivity index is 1.62. The average molecular weight is 848 g/mol. The first-order valence-corrected chi connectivity index (χ1v) is 16.2. The predicted molar refractivity (Wildman–Crippen MR) is 185 cm³/mol. The monoisotopic (exact) mass is 848 g/mol. The molecule has 4 aromatic heterocycles. The summed E-state index contributed by atoms with van der Waals surface area (Å²) in [5, 5.41) is 11.0. The van der Waals surface area contributed by atoms with Gasteiger partial charge in [0.25, 0.3) is 0 Å². The molecule has 0 fully saturated rings. The minimum atomic E-state index is -2.38. The van der Waals surface area contributed by atoms with E-state index in [1.165, 1.54) is 60.7 Å². The van der Waals surface area contributed by atoms with Gasteiger partial charge in [-0.1, -0.05) is 0 Å².